The Balaban J connectivity index is 2.01. The van der Waals surface area contributed by atoms with Gasteiger partial charge in [-0.3, -0.25) is 13.9 Å². The van der Waals surface area contributed by atoms with E-state index >= 15 is 0 Å². The van der Waals surface area contributed by atoms with Crippen LogP contribution in [0.15, 0.2) is 78.9 Å². The van der Waals surface area contributed by atoms with Gasteiger partial charge < -0.3 is 10.2 Å². The van der Waals surface area contributed by atoms with Crippen LogP contribution in [0.1, 0.15) is 37.5 Å². The summed E-state index contributed by atoms with van der Waals surface area (Å²) in [5, 5.41) is 2.63. The van der Waals surface area contributed by atoms with Crippen LogP contribution in [0.25, 0.3) is 0 Å². The predicted molar refractivity (Wildman–Crippen MR) is 152 cm³/mol. The van der Waals surface area contributed by atoms with Crippen molar-refractivity contribution in [3.8, 4) is 0 Å². The fourth-order valence-electron chi connectivity index (χ4n) is 4.25. The van der Waals surface area contributed by atoms with Gasteiger partial charge in [0.05, 0.1) is 11.9 Å². The number of benzene rings is 3. The van der Waals surface area contributed by atoms with Gasteiger partial charge in [0.25, 0.3) is 0 Å². The maximum absolute atomic E-state index is 13.9. The minimum atomic E-state index is -3.85. The highest BCUT2D eigenvalue weighted by atomic mass is 32.2. The van der Waals surface area contributed by atoms with Crippen molar-refractivity contribution in [2.24, 2.45) is 0 Å². The van der Waals surface area contributed by atoms with Gasteiger partial charge in [-0.25, -0.2) is 12.8 Å². The Hall–Kier alpha value is -3.72. The average molecular weight is 554 g/mol. The number of carbonyl (C=O) groups excluding carboxylic acids is 2. The Morgan fingerprint density at radius 2 is 1.49 bits per heavy atom. The minimum absolute atomic E-state index is 0.00933. The van der Waals surface area contributed by atoms with Crippen LogP contribution in [0.5, 0.6) is 0 Å². The molecule has 39 heavy (non-hydrogen) atoms. The monoisotopic (exact) mass is 553 g/mol. The summed E-state index contributed by atoms with van der Waals surface area (Å²) >= 11 is 0. The van der Waals surface area contributed by atoms with Crippen LogP contribution >= 0.6 is 0 Å². The first kappa shape index (κ1) is 29.8. The number of sulfonamides is 1. The van der Waals surface area contributed by atoms with Crippen molar-refractivity contribution in [2.75, 3.05) is 24.2 Å². The second-order valence-electron chi connectivity index (χ2n) is 10.5. The molecular formula is C30H36FN3O4S. The normalized spacial score (nSPS) is 12.5. The largest absolute Gasteiger partial charge is 0.357 e. The first-order valence-electron chi connectivity index (χ1n) is 12.7. The van der Waals surface area contributed by atoms with Gasteiger partial charge in [-0.1, -0.05) is 75.4 Å². The summed E-state index contributed by atoms with van der Waals surface area (Å²) in [4.78, 5) is 28.3. The van der Waals surface area contributed by atoms with E-state index in [4.69, 9.17) is 0 Å². The maximum atomic E-state index is 13.9. The van der Waals surface area contributed by atoms with E-state index in [9.17, 15) is 22.4 Å². The molecule has 0 radical (unpaired) electrons. The molecule has 0 aliphatic rings. The number of amides is 2. The van der Waals surface area contributed by atoms with Gasteiger partial charge >= 0.3 is 0 Å². The van der Waals surface area contributed by atoms with Crippen molar-refractivity contribution >= 4 is 27.5 Å². The number of halogens is 1. The maximum Gasteiger partial charge on any atom is 0.244 e. The Labute approximate surface area is 230 Å². The molecule has 3 rings (SSSR count). The fourth-order valence-corrected chi connectivity index (χ4v) is 5.10. The minimum Gasteiger partial charge on any atom is -0.357 e. The lowest BCUT2D eigenvalue weighted by Crippen LogP contribution is -2.52. The topological polar surface area (TPSA) is 86.8 Å². The second-order valence-corrected chi connectivity index (χ2v) is 12.4. The van der Waals surface area contributed by atoms with Crippen LogP contribution in [-0.2, 0) is 38.0 Å². The number of anilines is 1. The first-order valence-corrected chi connectivity index (χ1v) is 14.5. The van der Waals surface area contributed by atoms with E-state index < -0.39 is 40.2 Å². The molecule has 1 atom stereocenters. The van der Waals surface area contributed by atoms with Crippen molar-refractivity contribution < 1.29 is 22.4 Å². The van der Waals surface area contributed by atoms with Crippen molar-refractivity contribution in [3.05, 3.63) is 101 Å². The standard InChI is InChI=1S/C30H36FN3O4S/c1-30(2,3)24-13-17-26(18-14-24)34(39(5,37)38)21-28(35)33(20-23-11-15-25(31)16-12-23)27(29(36)32-4)19-22-9-7-6-8-10-22/h6-18,27H,19-21H2,1-5H3,(H,32,36). The molecule has 9 heteroatoms. The summed E-state index contributed by atoms with van der Waals surface area (Å²) in [7, 11) is -2.36. The highest BCUT2D eigenvalue weighted by molar-refractivity contribution is 7.92. The molecule has 0 fully saturated rings. The zero-order valence-electron chi connectivity index (χ0n) is 23.0. The molecule has 0 heterocycles. The average Bonchev–Trinajstić information content (AvgIpc) is 2.89. The Morgan fingerprint density at radius 1 is 0.897 bits per heavy atom. The summed E-state index contributed by atoms with van der Waals surface area (Å²) in [6, 6.07) is 21.0. The number of likely N-dealkylation sites (N-methyl/N-ethyl adjacent to an activating group) is 1. The van der Waals surface area contributed by atoms with E-state index in [-0.39, 0.29) is 18.4 Å². The molecule has 0 saturated heterocycles. The number of rotatable bonds is 10. The smallest absolute Gasteiger partial charge is 0.244 e. The van der Waals surface area contributed by atoms with Gasteiger partial charge in [-0.15, -0.1) is 0 Å². The zero-order chi connectivity index (χ0) is 28.8. The van der Waals surface area contributed by atoms with Crippen molar-refractivity contribution in [1.29, 1.82) is 0 Å². The molecule has 0 aliphatic carbocycles. The Morgan fingerprint density at radius 3 is 2.00 bits per heavy atom. The highest BCUT2D eigenvalue weighted by Gasteiger charge is 2.32. The lowest BCUT2D eigenvalue weighted by Gasteiger charge is -2.33. The SMILES string of the molecule is CNC(=O)C(Cc1ccccc1)N(Cc1ccc(F)cc1)C(=O)CN(c1ccc(C(C)(C)C)cc1)S(C)(=O)=O. The summed E-state index contributed by atoms with van der Waals surface area (Å²) in [5.74, 6) is -1.38. The van der Waals surface area contributed by atoms with Crippen molar-refractivity contribution in [3.63, 3.8) is 0 Å². The van der Waals surface area contributed by atoms with E-state index in [1.54, 1.807) is 24.3 Å². The number of carbonyl (C=O) groups is 2. The first-order chi connectivity index (χ1) is 18.3. The van der Waals surface area contributed by atoms with Crippen LogP contribution in [0.3, 0.4) is 0 Å². The van der Waals surface area contributed by atoms with Crippen molar-refractivity contribution in [1.82, 2.24) is 10.2 Å². The van der Waals surface area contributed by atoms with E-state index in [0.717, 1.165) is 21.7 Å². The summed E-state index contributed by atoms with van der Waals surface area (Å²) in [6.07, 6.45) is 1.26. The molecule has 7 nitrogen and oxygen atoms in total. The lowest BCUT2D eigenvalue weighted by molar-refractivity contribution is -0.139. The van der Waals surface area contributed by atoms with Gasteiger partial charge in [0, 0.05) is 20.0 Å². The van der Waals surface area contributed by atoms with Gasteiger partial charge in [0.2, 0.25) is 21.8 Å². The quantitative estimate of drug-likeness (QED) is 0.406. The van der Waals surface area contributed by atoms with Gasteiger partial charge in [-0.05, 0) is 46.4 Å². The number of nitrogens with one attached hydrogen (secondary N) is 1. The van der Waals surface area contributed by atoms with E-state index in [1.165, 1.54) is 24.1 Å². The molecule has 208 valence electrons. The summed E-state index contributed by atoms with van der Waals surface area (Å²) in [6.45, 7) is 5.65. The third kappa shape index (κ3) is 8.13. The summed E-state index contributed by atoms with van der Waals surface area (Å²) < 4.78 is 40.3. The zero-order valence-corrected chi connectivity index (χ0v) is 23.8. The van der Waals surface area contributed by atoms with Crippen molar-refractivity contribution in [2.45, 2.75) is 45.2 Å². The molecule has 0 spiro atoms. The second kappa shape index (κ2) is 12.4. The molecule has 0 aromatic heterocycles. The fraction of sp³-hybridized carbons (Fsp3) is 0.333. The summed E-state index contributed by atoms with van der Waals surface area (Å²) in [5.41, 5.74) is 2.67. The predicted octanol–water partition coefficient (Wildman–Crippen LogP) is 4.28. The molecule has 3 aromatic carbocycles. The molecule has 0 saturated carbocycles. The number of hydrogen-bond acceptors (Lipinski definition) is 4. The van der Waals surface area contributed by atoms with E-state index in [2.05, 4.69) is 26.1 Å². The third-order valence-electron chi connectivity index (χ3n) is 6.48. The third-order valence-corrected chi connectivity index (χ3v) is 7.62. The van der Waals surface area contributed by atoms with Crippen LogP contribution in [-0.4, -0.2) is 51.0 Å². The molecule has 1 N–H and O–H groups in total. The molecule has 1 unspecified atom stereocenters. The van der Waals surface area contributed by atoms with E-state index in [1.807, 2.05) is 42.5 Å². The number of hydrogen-bond donors (Lipinski definition) is 1. The van der Waals surface area contributed by atoms with Crippen LogP contribution < -0.4 is 9.62 Å². The molecule has 0 bridgehead atoms. The van der Waals surface area contributed by atoms with Crippen LogP contribution in [0.4, 0.5) is 10.1 Å². The van der Waals surface area contributed by atoms with Gasteiger partial charge in [-0.2, -0.15) is 0 Å². The highest BCUT2D eigenvalue weighted by Crippen LogP contribution is 2.26. The molecule has 2 amide bonds. The van der Waals surface area contributed by atoms with Gasteiger partial charge in [0.1, 0.15) is 18.4 Å². The molecule has 0 aliphatic heterocycles. The Kier molecular flexibility index (Phi) is 9.50. The van der Waals surface area contributed by atoms with Gasteiger partial charge in [0.15, 0.2) is 0 Å². The number of nitrogens with zero attached hydrogens (tertiary/aromatic N) is 2. The van der Waals surface area contributed by atoms with Crippen LogP contribution in [0, 0.1) is 5.82 Å². The molecule has 3 aromatic rings. The Bertz CT molecular complexity index is 1370. The molecular weight excluding hydrogens is 517 g/mol. The van der Waals surface area contributed by atoms with E-state index in [0.29, 0.717) is 11.3 Å². The van der Waals surface area contributed by atoms with Crippen LogP contribution in [0.2, 0.25) is 0 Å². The lowest BCUT2D eigenvalue weighted by atomic mass is 9.87.